The van der Waals surface area contributed by atoms with Gasteiger partial charge in [-0.05, 0) is 12.1 Å². The molecule has 2 aromatic carbocycles. The third-order valence-corrected chi connectivity index (χ3v) is 4.30. The fourth-order valence-corrected chi connectivity index (χ4v) is 2.78. The summed E-state index contributed by atoms with van der Waals surface area (Å²) in [7, 11) is 6.23. The van der Waals surface area contributed by atoms with Gasteiger partial charge in [-0.1, -0.05) is 30.3 Å². The monoisotopic (exact) mass is 394 g/mol. The number of carbonyl (C=O) groups is 2. The molecule has 0 fully saturated rings. The van der Waals surface area contributed by atoms with Gasteiger partial charge in [0.1, 0.15) is 5.69 Å². The number of hydrogen-bond acceptors (Lipinski definition) is 5. The molecule has 0 atom stereocenters. The van der Waals surface area contributed by atoms with Crippen LogP contribution in [0.5, 0.6) is 11.5 Å². The van der Waals surface area contributed by atoms with Gasteiger partial charge in [-0.25, -0.2) is 0 Å². The van der Waals surface area contributed by atoms with Gasteiger partial charge in [-0.2, -0.15) is 5.10 Å². The molecule has 0 aliphatic carbocycles. The largest absolute Gasteiger partial charge is 0.493 e. The molecule has 3 rings (SSSR count). The number of anilines is 1. The number of nitrogens with one attached hydrogen (secondary N) is 2. The molecule has 0 aliphatic heterocycles. The van der Waals surface area contributed by atoms with E-state index in [0.29, 0.717) is 22.9 Å². The number of carbonyl (C=O) groups excluding carboxylic acids is 2. The van der Waals surface area contributed by atoms with Crippen molar-refractivity contribution in [1.82, 2.24) is 15.1 Å². The predicted octanol–water partition coefficient (Wildman–Crippen LogP) is 3.05. The number of ether oxygens (including phenoxy) is 2. The van der Waals surface area contributed by atoms with Gasteiger partial charge in [0.15, 0.2) is 11.5 Å². The summed E-state index contributed by atoms with van der Waals surface area (Å²) >= 11 is 0. The summed E-state index contributed by atoms with van der Waals surface area (Å²) in [5, 5.41) is 9.68. The Labute approximate surface area is 168 Å². The van der Waals surface area contributed by atoms with E-state index >= 15 is 0 Å². The first kappa shape index (κ1) is 19.9. The van der Waals surface area contributed by atoms with Gasteiger partial charge < -0.3 is 19.7 Å². The highest BCUT2D eigenvalue weighted by Crippen LogP contribution is 2.34. The van der Waals surface area contributed by atoms with Crippen LogP contribution in [-0.4, -0.2) is 55.2 Å². The van der Waals surface area contributed by atoms with Gasteiger partial charge in [0.05, 0.1) is 31.2 Å². The van der Waals surface area contributed by atoms with E-state index in [0.717, 1.165) is 5.56 Å². The van der Waals surface area contributed by atoms with E-state index in [1.807, 2.05) is 30.3 Å². The number of amides is 2. The van der Waals surface area contributed by atoms with Crippen LogP contribution in [0, 0.1) is 0 Å². The maximum absolute atomic E-state index is 12.8. The van der Waals surface area contributed by atoms with E-state index in [-0.39, 0.29) is 17.2 Å². The number of methoxy groups -OCH3 is 2. The second-order valence-electron chi connectivity index (χ2n) is 6.44. The second-order valence-corrected chi connectivity index (χ2v) is 6.44. The van der Waals surface area contributed by atoms with Crippen molar-refractivity contribution in [2.45, 2.75) is 0 Å². The van der Waals surface area contributed by atoms with Gasteiger partial charge in [-0.15, -0.1) is 0 Å². The third kappa shape index (κ3) is 4.21. The van der Waals surface area contributed by atoms with E-state index in [1.165, 1.54) is 19.1 Å². The van der Waals surface area contributed by atoms with Crippen LogP contribution in [0.15, 0.2) is 48.5 Å². The maximum Gasteiger partial charge on any atom is 0.273 e. The maximum atomic E-state index is 12.8. The van der Waals surface area contributed by atoms with Crippen molar-refractivity contribution in [1.29, 1.82) is 0 Å². The molecule has 8 nitrogen and oxygen atoms in total. The average molecular weight is 394 g/mol. The Bertz CT molecular complexity index is 1030. The molecule has 0 aliphatic rings. The zero-order valence-corrected chi connectivity index (χ0v) is 16.6. The van der Waals surface area contributed by atoms with Crippen molar-refractivity contribution in [3.8, 4) is 22.8 Å². The SMILES string of the molecule is COc1cc(NC(=O)c2cc(-c3ccccc3)n[nH]2)c(C(=O)N(C)C)cc1OC. The highest BCUT2D eigenvalue weighted by molar-refractivity contribution is 6.09. The van der Waals surface area contributed by atoms with Gasteiger partial charge in [0.25, 0.3) is 11.8 Å². The Morgan fingerprint density at radius 1 is 1.00 bits per heavy atom. The molecule has 0 saturated heterocycles. The fraction of sp³-hybridized carbons (Fsp3) is 0.190. The van der Waals surface area contributed by atoms with Gasteiger partial charge in [0.2, 0.25) is 0 Å². The number of H-pyrrole nitrogens is 1. The first-order valence-corrected chi connectivity index (χ1v) is 8.84. The van der Waals surface area contributed by atoms with E-state index in [2.05, 4.69) is 15.5 Å². The lowest BCUT2D eigenvalue weighted by Gasteiger charge is -2.17. The van der Waals surface area contributed by atoms with Gasteiger partial charge >= 0.3 is 0 Å². The highest BCUT2D eigenvalue weighted by atomic mass is 16.5. The van der Waals surface area contributed by atoms with Crippen LogP contribution in [0.2, 0.25) is 0 Å². The highest BCUT2D eigenvalue weighted by Gasteiger charge is 2.21. The summed E-state index contributed by atoms with van der Waals surface area (Å²) in [6.07, 6.45) is 0. The Kier molecular flexibility index (Phi) is 5.82. The normalized spacial score (nSPS) is 10.3. The molecule has 3 aromatic rings. The number of rotatable bonds is 6. The smallest absolute Gasteiger partial charge is 0.273 e. The lowest BCUT2D eigenvalue weighted by atomic mass is 10.1. The number of aromatic nitrogens is 2. The first-order chi connectivity index (χ1) is 13.9. The molecule has 0 spiro atoms. The lowest BCUT2D eigenvalue weighted by Crippen LogP contribution is -2.24. The molecular weight excluding hydrogens is 372 g/mol. The Balaban J connectivity index is 1.93. The van der Waals surface area contributed by atoms with Crippen molar-refractivity contribution in [3.05, 3.63) is 59.8 Å². The topological polar surface area (TPSA) is 96.5 Å². The quantitative estimate of drug-likeness (QED) is 0.670. The third-order valence-electron chi connectivity index (χ3n) is 4.30. The van der Waals surface area contributed by atoms with Crippen molar-refractivity contribution in [2.24, 2.45) is 0 Å². The van der Waals surface area contributed by atoms with E-state index < -0.39 is 5.91 Å². The fourth-order valence-electron chi connectivity index (χ4n) is 2.78. The molecule has 8 heteroatoms. The molecule has 29 heavy (non-hydrogen) atoms. The Morgan fingerprint density at radius 2 is 1.66 bits per heavy atom. The molecule has 0 radical (unpaired) electrons. The number of aromatic amines is 1. The molecule has 1 heterocycles. The van der Waals surface area contributed by atoms with E-state index in [4.69, 9.17) is 9.47 Å². The molecule has 1 aromatic heterocycles. The molecule has 2 N–H and O–H groups in total. The molecule has 0 bridgehead atoms. The van der Waals surface area contributed by atoms with Crippen LogP contribution in [-0.2, 0) is 0 Å². The zero-order valence-electron chi connectivity index (χ0n) is 16.6. The van der Waals surface area contributed by atoms with Crippen molar-refractivity contribution >= 4 is 17.5 Å². The van der Waals surface area contributed by atoms with Crippen LogP contribution in [0.3, 0.4) is 0 Å². The molecule has 2 amide bonds. The summed E-state index contributed by atoms with van der Waals surface area (Å²) in [4.78, 5) is 26.8. The molecule has 150 valence electrons. The minimum Gasteiger partial charge on any atom is -0.493 e. The predicted molar refractivity (Wildman–Crippen MR) is 110 cm³/mol. The number of nitrogens with zero attached hydrogens (tertiary/aromatic N) is 2. The Morgan fingerprint density at radius 3 is 2.28 bits per heavy atom. The van der Waals surface area contributed by atoms with Crippen LogP contribution in [0.4, 0.5) is 5.69 Å². The first-order valence-electron chi connectivity index (χ1n) is 8.84. The van der Waals surface area contributed by atoms with E-state index in [9.17, 15) is 9.59 Å². The standard InChI is InChI=1S/C21H22N4O4/c1-25(2)21(27)14-10-18(28-3)19(29-4)12-16(14)22-20(26)17-11-15(23-24-17)13-8-6-5-7-9-13/h5-12H,1-4H3,(H,22,26)(H,23,24). The number of hydrogen-bond donors (Lipinski definition) is 2. The van der Waals surface area contributed by atoms with Crippen molar-refractivity contribution in [2.75, 3.05) is 33.6 Å². The lowest BCUT2D eigenvalue weighted by molar-refractivity contribution is 0.0828. The molecular formula is C21H22N4O4. The Hall–Kier alpha value is -3.81. The van der Waals surface area contributed by atoms with Crippen LogP contribution < -0.4 is 14.8 Å². The molecule has 0 unspecified atom stereocenters. The summed E-state index contributed by atoms with van der Waals surface area (Å²) in [6.45, 7) is 0. The van der Waals surface area contributed by atoms with Gasteiger partial charge in [-0.3, -0.25) is 14.7 Å². The minimum atomic E-state index is -0.431. The zero-order chi connectivity index (χ0) is 21.0. The summed E-state index contributed by atoms with van der Waals surface area (Å²) in [5.41, 5.74) is 2.39. The summed E-state index contributed by atoms with van der Waals surface area (Å²) in [5.74, 6) is 0.0758. The molecule has 0 saturated carbocycles. The van der Waals surface area contributed by atoms with Crippen LogP contribution in [0.25, 0.3) is 11.3 Å². The summed E-state index contributed by atoms with van der Waals surface area (Å²) < 4.78 is 10.6. The average Bonchev–Trinajstić information content (AvgIpc) is 3.24. The van der Waals surface area contributed by atoms with E-state index in [1.54, 1.807) is 32.3 Å². The van der Waals surface area contributed by atoms with Crippen molar-refractivity contribution < 1.29 is 19.1 Å². The minimum absolute atomic E-state index is 0.266. The summed E-state index contributed by atoms with van der Waals surface area (Å²) in [6, 6.07) is 14.3. The van der Waals surface area contributed by atoms with Gasteiger partial charge in [0, 0.05) is 25.7 Å². The van der Waals surface area contributed by atoms with Crippen LogP contribution in [0.1, 0.15) is 20.8 Å². The van der Waals surface area contributed by atoms with Crippen molar-refractivity contribution in [3.63, 3.8) is 0 Å². The second kappa shape index (κ2) is 8.47. The number of benzene rings is 2. The van der Waals surface area contributed by atoms with Crippen LogP contribution >= 0.6 is 0 Å².